The average molecular weight is 255 g/mol. The number of rotatable bonds is 2. The summed E-state index contributed by atoms with van der Waals surface area (Å²) in [5.74, 6) is -1.63. The van der Waals surface area contributed by atoms with Gasteiger partial charge in [0.15, 0.2) is 0 Å². The Hall–Kier alpha value is 0.250. The summed E-state index contributed by atoms with van der Waals surface area (Å²) in [4.78, 5) is 24.0. The quantitative estimate of drug-likeness (QED) is 0.493. The summed E-state index contributed by atoms with van der Waals surface area (Å²) >= 11 is 1.45. The van der Waals surface area contributed by atoms with Crippen molar-refractivity contribution in [1.29, 1.82) is 0 Å². The van der Waals surface area contributed by atoms with Crippen LogP contribution in [0.1, 0.15) is 13.8 Å². The second-order valence-corrected chi connectivity index (χ2v) is 6.16. The SMILES string of the molecule is CC1(C)S[C@@H]2[C@H](CO)C(=O)N2[C@H]1C(=O)O.[NaH]. The third-order valence-electron chi connectivity index (χ3n) is 2.98. The zero-order valence-corrected chi connectivity index (χ0v) is 9.32. The second-order valence-electron chi connectivity index (χ2n) is 4.39. The fraction of sp³-hybridized carbons (Fsp3) is 0.778. The van der Waals surface area contributed by atoms with E-state index in [9.17, 15) is 9.59 Å². The topological polar surface area (TPSA) is 77.8 Å². The van der Waals surface area contributed by atoms with E-state index in [1.807, 2.05) is 13.8 Å². The summed E-state index contributed by atoms with van der Waals surface area (Å²) < 4.78 is -0.490. The van der Waals surface area contributed by atoms with Gasteiger partial charge in [0.05, 0.1) is 17.9 Å². The molecule has 0 bridgehead atoms. The van der Waals surface area contributed by atoms with Crippen molar-refractivity contribution in [1.82, 2.24) is 4.90 Å². The van der Waals surface area contributed by atoms with Gasteiger partial charge in [-0.05, 0) is 13.8 Å². The third kappa shape index (κ3) is 1.80. The van der Waals surface area contributed by atoms with Crippen molar-refractivity contribution in [2.45, 2.75) is 30.0 Å². The molecule has 0 aromatic carbocycles. The molecule has 0 aliphatic carbocycles. The normalized spacial score (nSPS) is 35.1. The van der Waals surface area contributed by atoms with Crippen molar-refractivity contribution in [2.24, 2.45) is 5.92 Å². The minimum absolute atomic E-state index is 0. The number of carboxylic acid groups (broad SMARTS) is 1. The van der Waals surface area contributed by atoms with E-state index in [0.717, 1.165) is 0 Å². The van der Waals surface area contributed by atoms with Gasteiger partial charge in [-0.3, -0.25) is 4.79 Å². The van der Waals surface area contributed by atoms with Crippen molar-refractivity contribution in [3.8, 4) is 0 Å². The van der Waals surface area contributed by atoms with Crippen LogP contribution in [0.25, 0.3) is 0 Å². The Morgan fingerprint density at radius 2 is 2.12 bits per heavy atom. The number of β-lactam (4-membered cyclic amide) rings is 1. The molecule has 0 unspecified atom stereocenters. The molecular weight excluding hydrogens is 241 g/mol. The number of hydrogen-bond donors (Lipinski definition) is 2. The summed E-state index contributed by atoms with van der Waals surface area (Å²) in [7, 11) is 0. The number of carbonyl (C=O) groups excluding carboxylic acids is 1. The number of aliphatic hydroxyl groups excluding tert-OH is 1. The van der Waals surface area contributed by atoms with E-state index >= 15 is 0 Å². The Balaban J connectivity index is 0.00000128. The van der Waals surface area contributed by atoms with Crippen LogP contribution in [0.5, 0.6) is 0 Å². The number of aliphatic hydroxyl groups is 1. The number of thioether (sulfide) groups is 1. The molecular formula is C9H14NNaO4S. The Morgan fingerprint density at radius 3 is 2.56 bits per heavy atom. The summed E-state index contributed by atoms with van der Waals surface area (Å²) in [6, 6.07) is -0.775. The molecule has 2 rings (SSSR count). The predicted molar refractivity (Wildman–Crippen MR) is 61.5 cm³/mol. The van der Waals surface area contributed by atoms with Gasteiger partial charge in [-0.1, -0.05) is 0 Å². The number of amides is 1. The van der Waals surface area contributed by atoms with Gasteiger partial charge in [0.1, 0.15) is 6.04 Å². The van der Waals surface area contributed by atoms with E-state index in [1.54, 1.807) is 0 Å². The van der Waals surface area contributed by atoms with Gasteiger partial charge in [-0.25, -0.2) is 4.79 Å². The van der Waals surface area contributed by atoms with Crippen LogP contribution in [-0.2, 0) is 9.59 Å². The molecule has 1 amide bonds. The minimum atomic E-state index is -0.972. The van der Waals surface area contributed by atoms with Crippen LogP contribution in [0, 0.1) is 5.92 Å². The molecule has 0 spiro atoms. The fourth-order valence-electron chi connectivity index (χ4n) is 2.26. The molecule has 0 radical (unpaired) electrons. The van der Waals surface area contributed by atoms with Gasteiger partial charge in [0.2, 0.25) is 5.91 Å². The van der Waals surface area contributed by atoms with Crippen molar-refractivity contribution >= 4 is 53.2 Å². The molecule has 0 saturated carbocycles. The molecule has 2 aliphatic rings. The Labute approximate surface area is 120 Å². The Kier molecular flexibility index (Phi) is 4.02. The summed E-state index contributed by atoms with van der Waals surface area (Å²) in [6.45, 7) is 3.43. The van der Waals surface area contributed by atoms with Crippen LogP contribution in [-0.4, -0.2) is 79.3 Å². The number of hydrogen-bond acceptors (Lipinski definition) is 4. The molecule has 16 heavy (non-hydrogen) atoms. The first-order chi connectivity index (χ1) is 6.90. The van der Waals surface area contributed by atoms with Crippen LogP contribution in [0.4, 0.5) is 0 Å². The predicted octanol–water partition coefficient (Wildman–Crippen LogP) is -0.907. The van der Waals surface area contributed by atoms with E-state index in [-0.39, 0.29) is 47.4 Å². The average Bonchev–Trinajstić information content (AvgIpc) is 2.35. The van der Waals surface area contributed by atoms with E-state index < -0.39 is 22.7 Å². The van der Waals surface area contributed by atoms with Gasteiger partial charge < -0.3 is 15.1 Å². The third-order valence-corrected chi connectivity index (χ3v) is 4.61. The molecule has 2 heterocycles. The number of aliphatic carboxylic acids is 1. The number of fused-ring (bicyclic) bond motifs is 1. The van der Waals surface area contributed by atoms with Crippen LogP contribution in [0.15, 0.2) is 0 Å². The Morgan fingerprint density at radius 1 is 1.56 bits per heavy atom. The maximum atomic E-state index is 11.6. The molecule has 2 fully saturated rings. The van der Waals surface area contributed by atoms with Gasteiger partial charge in [0.25, 0.3) is 0 Å². The zero-order chi connectivity index (χ0) is 11.4. The number of nitrogens with zero attached hydrogens (tertiary/aromatic N) is 1. The van der Waals surface area contributed by atoms with E-state index in [4.69, 9.17) is 10.2 Å². The Bertz CT molecular complexity index is 335. The first-order valence-corrected chi connectivity index (χ1v) is 5.62. The molecule has 5 nitrogen and oxygen atoms in total. The molecule has 0 aromatic heterocycles. The van der Waals surface area contributed by atoms with E-state index in [2.05, 4.69) is 0 Å². The first kappa shape index (κ1) is 14.3. The summed E-state index contributed by atoms with van der Waals surface area (Å²) in [5, 5.41) is 17.9. The van der Waals surface area contributed by atoms with Crippen molar-refractivity contribution in [3.63, 3.8) is 0 Å². The van der Waals surface area contributed by atoms with E-state index in [1.165, 1.54) is 16.7 Å². The molecule has 7 heteroatoms. The van der Waals surface area contributed by atoms with E-state index in [0.29, 0.717) is 0 Å². The van der Waals surface area contributed by atoms with Gasteiger partial charge in [-0.15, -0.1) is 11.8 Å². The number of carboxylic acids is 1. The fourth-order valence-corrected chi connectivity index (χ4v) is 3.93. The molecule has 0 aromatic rings. The van der Waals surface area contributed by atoms with Crippen molar-refractivity contribution in [2.75, 3.05) is 6.61 Å². The summed E-state index contributed by atoms with van der Waals surface area (Å²) in [6.07, 6.45) is 0. The monoisotopic (exact) mass is 255 g/mol. The molecule has 2 N–H and O–H groups in total. The molecule has 2 aliphatic heterocycles. The standard InChI is InChI=1S/C9H13NO4S.Na.H/c1-9(2)5(8(13)14)10-6(12)4(3-11)7(10)15-9;;/h4-5,7,11H,3H2,1-2H3,(H,13,14);;/t4-,5+,7-;;/m1../s1. The maximum absolute atomic E-state index is 11.6. The molecule has 86 valence electrons. The van der Waals surface area contributed by atoms with Crippen molar-refractivity contribution < 1.29 is 19.8 Å². The first-order valence-electron chi connectivity index (χ1n) is 4.74. The van der Waals surface area contributed by atoms with Gasteiger partial charge in [0, 0.05) is 4.75 Å². The second kappa shape index (κ2) is 4.49. The van der Waals surface area contributed by atoms with Crippen LogP contribution >= 0.6 is 11.8 Å². The van der Waals surface area contributed by atoms with Crippen molar-refractivity contribution in [3.05, 3.63) is 0 Å². The molecule has 3 atom stereocenters. The zero-order valence-electron chi connectivity index (χ0n) is 8.51. The molecule has 2 saturated heterocycles. The van der Waals surface area contributed by atoms with Gasteiger partial charge >= 0.3 is 35.5 Å². The summed E-state index contributed by atoms with van der Waals surface area (Å²) in [5.41, 5.74) is 0. The van der Waals surface area contributed by atoms with Crippen LogP contribution < -0.4 is 0 Å². The van der Waals surface area contributed by atoms with Crippen LogP contribution in [0.3, 0.4) is 0 Å². The number of carbonyl (C=O) groups is 2. The van der Waals surface area contributed by atoms with Gasteiger partial charge in [-0.2, -0.15) is 0 Å². The van der Waals surface area contributed by atoms with Crippen LogP contribution in [0.2, 0.25) is 0 Å².